The summed E-state index contributed by atoms with van der Waals surface area (Å²) in [6, 6.07) is 20.0. The molecule has 0 aliphatic carbocycles. The second-order valence-corrected chi connectivity index (χ2v) is 6.12. The molecule has 2 heteroatoms. The third-order valence-corrected chi connectivity index (χ3v) is 3.76. The topological polar surface area (TPSA) is 29.5 Å². The lowest BCUT2D eigenvalue weighted by Crippen LogP contribution is -2.05. The Kier molecular flexibility index (Phi) is 7.05. The predicted octanol–water partition coefficient (Wildman–Crippen LogP) is 4.91. The van der Waals surface area contributed by atoms with Gasteiger partial charge in [-0.1, -0.05) is 79.2 Å². The fraction of sp³-hybridized carbons (Fsp3) is 0.333. The van der Waals surface area contributed by atoms with Gasteiger partial charge in [-0.05, 0) is 30.4 Å². The highest BCUT2D eigenvalue weighted by Gasteiger charge is 2.08. The van der Waals surface area contributed by atoms with Gasteiger partial charge >= 0.3 is 0 Å². The van der Waals surface area contributed by atoms with E-state index in [1.807, 2.05) is 48.5 Å². The van der Waals surface area contributed by atoms with Crippen LogP contribution in [0, 0.1) is 5.92 Å². The van der Waals surface area contributed by atoms with Crippen LogP contribution in [0.5, 0.6) is 0 Å². The lowest BCUT2D eigenvalue weighted by Gasteiger charge is -2.13. The van der Waals surface area contributed by atoms with Crippen LogP contribution in [0.3, 0.4) is 0 Å². The van der Waals surface area contributed by atoms with Crippen LogP contribution in [0.15, 0.2) is 72.3 Å². The molecule has 2 aromatic carbocycles. The molecule has 0 fully saturated rings. The minimum atomic E-state index is -0.440. The molecule has 0 saturated carbocycles. The van der Waals surface area contributed by atoms with Crippen LogP contribution in [0.25, 0.3) is 0 Å². The summed E-state index contributed by atoms with van der Waals surface area (Å²) in [5.41, 5.74) is 3.35. The summed E-state index contributed by atoms with van der Waals surface area (Å²) in [5, 5.41) is 10.3. The average Bonchev–Trinajstić information content (AvgIpc) is 2.56. The quantitative estimate of drug-likeness (QED) is 0.702. The highest BCUT2D eigenvalue weighted by Crippen LogP contribution is 2.21. The Morgan fingerprint density at radius 3 is 2.30 bits per heavy atom. The lowest BCUT2D eigenvalue weighted by atomic mass is 10.00. The zero-order valence-electron chi connectivity index (χ0n) is 14.0. The molecular weight excluding hydrogens is 284 g/mol. The molecule has 0 aliphatic heterocycles. The smallest absolute Gasteiger partial charge is 0.0827 e. The normalized spacial score (nSPS) is 14.5. The van der Waals surface area contributed by atoms with Crippen molar-refractivity contribution in [2.75, 3.05) is 6.61 Å². The SMILES string of the molecule is C/C(=C\[C@@H](C)COCc1ccccc1)C[C@@H](O)c1ccccc1. The molecule has 0 bridgehead atoms. The fourth-order valence-corrected chi connectivity index (χ4v) is 2.64. The number of benzene rings is 2. The molecule has 1 N–H and O–H groups in total. The van der Waals surface area contributed by atoms with Crippen LogP contribution < -0.4 is 0 Å². The molecule has 0 saturated heterocycles. The Bertz CT molecular complexity index is 590. The molecule has 0 unspecified atom stereocenters. The van der Waals surface area contributed by atoms with Crippen LogP contribution in [0.1, 0.15) is 37.5 Å². The zero-order chi connectivity index (χ0) is 16.5. The molecule has 0 radical (unpaired) electrons. The number of hydrogen-bond donors (Lipinski definition) is 1. The molecule has 0 aromatic heterocycles. The van der Waals surface area contributed by atoms with Gasteiger partial charge in [0.05, 0.1) is 19.3 Å². The maximum atomic E-state index is 10.3. The maximum Gasteiger partial charge on any atom is 0.0827 e. The van der Waals surface area contributed by atoms with Crippen molar-refractivity contribution in [3.05, 3.63) is 83.4 Å². The van der Waals surface area contributed by atoms with E-state index in [0.717, 1.165) is 5.56 Å². The van der Waals surface area contributed by atoms with E-state index in [9.17, 15) is 5.11 Å². The van der Waals surface area contributed by atoms with Gasteiger partial charge in [0.15, 0.2) is 0 Å². The van der Waals surface area contributed by atoms with Crippen molar-refractivity contribution in [1.82, 2.24) is 0 Å². The maximum absolute atomic E-state index is 10.3. The minimum absolute atomic E-state index is 0.335. The third-order valence-electron chi connectivity index (χ3n) is 3.76. The van der Waals surface area contributed by atoms with Crippen LogP contribution in [0.2, 0.25) is 0 Å². The van der Waals surface area contributed by atoms with Crippen LogP contribution in [0.4, 0.5) is 0 Å². The molecule has 0 amide bonds. The number of aliphatic hydroxyl groups is 1. The summed E-state index contributed by atoms with van der Waals surface area (Å²) < 4.78 is 5.76. The lowest BCUT2D eigenvalue weighted by molar-refractivity contribution is 0.103. The summed E-state index contributed by atoms with van der Waals surface area (Å²) in [7, 11) is 0. The summed E-state index contributed by atoms with van der Waals surface area (Å²) in [6.07, 6.45) is 2.41. The third kappa shape index (κ3) is 6.39. The van der Waals surface area contributed by atoms with E-state index in [-0.39, 0.29) is 0 Å². The van der Waals surface area contributed by atoms with Crippen molar-refractivity contribution in [3.8, 4) is 0 Å². The summed E-state index contributed by atoms with van der Waals surface area (Å²) in [4.78, 5) is 0. The Labute approximate surface area is 139 Å². The Balaban J connectivity index is 1.76. The van der Waals surface area contributed by atoms with E-state index in [1.165, 1.54) is 11.1 Å². The van der Waals surface area contributed by atoms with Crippen molar-refractivity contribution in [3.63, 3.8) is 0 Å². The molecule has 0 heterocycles. The molecule has 23 heavy (non-hydrogen) atoms. The largest absolute Gasteiger partial charge is 0.388 e. The predicted molar refractivity (Wildman–Crippen MR) is 95.0 cm³/mol. The number of aliphatic hydroxyl groups excluding tert-OH is 1. The fourth-order valence-electron chi connectivity index (χ4n) is 2.64. The van der Waals surface area contributed by atoms with Gasteiger partial charge in [-0.15, -0.1) is 0 Å². The Hall–Kier alpha value is -1.90. The van der Waals surface area contributed by atoms with Crippen LogP contribution >= 0.6 is 0 Å². The molecule has 2 rings (SSSR count). The van der Waals surface area contributed by atoms with Crippen molar-refractivity contribution < 1.29 is 9.84 Å². The number of rotatable bonds is 8. The van der Waals surface area contributed by atoms with Gasteiger partial charge in [0.2, 0.25) is 0 Å². The van der Waals surface area contributed by atoms with Gasteiger partial charge in [-0.3, -0.25) is 0 Å². The van der Waals surface area contributed by atoms with Crippen LogP contribution in [-0.4, -0.2) is 11.7 Å². The van der Waals surface area contributed by atoms with E-state index in [1.54, 1.807) is 0 Å². The van der Waals surface area contributed by atoms with Crippen LogP contribution in [-0.2, 0) is 11.3 Å². The van der Waals surface area contributed by atoms with Crippen molar-refractivity contribution in [2.24, 2.45) is 5.92 Å². The summed E-state index contributed by atoms with van der Waals surface area (Å²) in [5.74, 6) is 0.335. The van der Waals surface area contributed by atoms with Gasteiger partial charge in [-0.2, -0.15) is 0 Å². The van der Waals surface area contributed by atoms with E-state index in [4.69, 9.17) is 4.74 Å². The number of hydrogen-bond acceptors (Lipinski definition) is 2. The first-order valence-corrected chi connectivity index (χ1v) is 8.17. The van der Waals surface area contributed by atoms with Crippen molar-refractivity contribution >= 4 is 0 Å². The van der Waals surface area contributed by atoms with Gasteiger partial charge < -0.3 is 9.84 Å². The van der Waals surface area contributed by atoms with E-state index in [0.29, 0.717) is 25.6 Å². The van der Waals surface area contributed by atoms with Gasteiger partial charge in [0.25, 0.3) is 0 Å². The molecule has 0 spiro atoms. The zero-order valence-corrected chi connectivity index (χ0v) is 14.0. The highest BCUT2D eigenvalue weighted by molar-refractivity contribution is 5.19. The molecular formula is C21H26O2. The Morgan fingerprint density at radius 2 is 1.65 bits per heavy atom. The molecule has 122 valence electrons. The second-order valence-electron chi connectivity index (χ2n) is 6.12. The molecule has 0 aliphatic rings. The first kappa shape index (κ1) is 17.5. The second kappa shape index (κ2) is 9.29. The van der Waals surface area contributed by atoms with Crippen molar-refractivity contribution in [1.29, 1.82) is 0 Å². The van der Waals surface area contributed by atoms with E-state index in [2.05, 4.69) is 32.1 Å². The Morgan fingerprint density at radius 1 is 1.04 bits per heavy atom. The first-order chi connectivity index (χ1) is 11.1. The molecule has 2 atom stereocenters. The van der Waals surface area contributed by atoms with Crippen molar-refractivity contribution in [2.45, 2.75) is 33.0 Å². The average molecular weight is 310 g/mol. The first-order valence-electron chi connectivity index (χ1n) is 8.17. The summed E-state index contributed by atoms with van der Waals surface area (Å²) >= 11 is 0. The monoisotopic (exact) mass is 310 g/mol. The molecule has 2 nitrogen and oxygen atoms in total. The number of ether oxygens (including phenoxy) is 1. The minimum Gasteiger partial charge on any atom is -0.388 e. The van der Waals surface area contributed by atoms with Gasteiger partial charge in [-0.25, -0.2) is 0 Å². The van der Waals surface area contributed by atoms with Gasteiger partial charge in [0, 0.05) is 0 Å². The standard InChI is InChI=1S/C21H26O2/c1-17(14-21(22)20-11-7-4-8-12-20)13-18(2)15-23-16-19-9-5-3-6-10-19/h3-13,18,21-22H,14-16H2,1-2H3/b17-13+/t18-,21-/m1/s1. The van der Waals surface area contributed by atoms with Gasteiger partial charge in [0.1, 0.15) is 0 Å². The summed E-state index contributed by atoms with van der Waals surface area (Å²) in [6.45, 7) is 5.54. The van der Waals surface area contributed by atoms with E-state index >= 15 is 0 Å². The highest BCUT2D eigenvalue weighted by atomic mass is 16.5. The molecule has 2 aromatic rings. The van der Waals surface area contributed by atoms with E-state index < -0.39 is 6.10 Å².